The van der Waals surface area contributed by atoms with Crippen molar-refractivity contribution >= 4 is 17.2 Å². The molecule has 178 valence electrons. The highest BCUT2D eigenvalue weighted by molar-refractivity contribution is 5.78. The molecule has 0 saturated carbocycles. The van der Waals surface area contributed by atoms with E-state index >= 15 is 0 Å². The van der Waals surface area contributed by atoms with Crippen molar-refractivity contribution in [3.8, 4) is 17.1 Å². The van der Waals surface area contributed by atoms with Gasteiger partial charge in [-0.1, -0.05) is 25.5 Å². The topological polar surface area (TPSA) is 77.2 Å². The number of nitrogens with zero attached hydrogens (tertiary/aromatic N) is 5. The van der Waals surface area contributed by atoms with Crippen LogP contribution >= 0.6 is 0 Å². The number of nitrogens with one attached hydrogen (secondary N) is 1. The molecule has 0 unspecified atom stereocenters. The first kappa shape index (κ1) is 21.7. The van der Waals surface area contributed by atoms with Crippen LogP contribution in [-0.2, 0) is 6.42 Å². The van der Waals surface area contributed by atoms with Crippen LogP contribution in [0.4, 0.5) is 10.3 Å². The Morgan fingerprint density at radius 1 is 1.14 bits per heavy atom. The molecular formula is C27H27FN6O. The predicted octanol–water partition coefficient (Wildman–Crippen LogP) is 5.43. The lowest BCUT2D eigenvalue weighted by Crippen LogP contribution is -2.25. The Bertz CT molecular complexity index is 1470. The highest BCUT2D eigenvalue weighted by atomic mass is 19.1. The average Bonchev–Trinajstić information content (AvgIpc) is 3.45. The summed E-state index contributed by atoms with van der Waals surface area (Å²) >= 11 is 0. The van der Waals surface area contributed by atoms with Crippen molar-refractivity contribution in [3.63, 3.8) is 0 Å². The third-order valence-corrected chi connectivity index (χ3v) is 7.03. The highest BCUT2D eigenvalue weighted by Crippen LogP contribution is 2.43. The van der Waals surface area contributed by atoms with Gasteiger partial charge >= 0.3 is 0 Å². The summed E-state index contributed by atoms with van der Waals surface area (Å²) in [5, 5.41) is 8.24. The van der Waals surface area contributed by atoms with Crippen molar-refractivity contribution in [1.82, 2.24) is 24.6 Å². The number of rotatable bonds is 5. The molecule has 0 amide bonds. The molecule has 1 N–H and O–H groups in total. The van der Waals surface area contributed by atoms with Crippen molar-refractivity contribution in [2.24, 2.45) is 0 Å². The number of anilines is 1. The molecule has 2 aliphatic rings. The van der Waals surface area contributed by atoms with Crippen molar-refractivity contribution in [2.45, 2.75) is 51.5 Å². The molecule has 0 spiro atoms. The number of ether oxygens (including phenoxy) is 1. The molecule has 0 bridgehead atoms. The summed E-state index contributed by atoms with van der Waals surface area (Å²) < 4.78 is 21.1. The summed E-state index contributed by atoms with van der Waals surface area (Å²) in [4.78, 5) is 13.5. The van der Waals surface area contributed by atoms with Crippen LogP contribution < -0.4 is 10.1 Å². The first-order valence-electron chi connectivity index (χ1n) is 12.0. The van der Waals surface area contributed by atoms with Gasteiger partial charge in [-0.3, -0.25) is 4.98 Å². The van der Waals surface area contributed by atoms with Gasteiger partial charge in [-0.25, -0.2) is 9.37 Å². The van der Waals surface area contributed by atoms with E-state index in [0.29, 0.717) is 17.3 Å². The van der Waals surface area contributed by atoms with Crippen molar-refractivity contribution in [3.05, 3.63) is 70.9 Å². The molecule has 1 aromatic carbocycles. The van der Waals surface area contributed by atoms with Gasteiger partial charge in [0, 0.05) is 23.4 Å². The van der Waals surface area contributed by atoms with Gasteiger partial charge in [0.1, 0.15) is 11.6 Å². The Hall–Kier alpha value is -3.81. The minimum Gasteiger partial charge on any atom is -0.497 e. The van der Waals surface area contributed by atoms with E-state index in [1.165, 1.54) is 34.5 Å². The number of fused-ring (bicyclic) bond motifs is 3. The lowest BCUT2D eigenvalue weighted by Gasteiger charge is -2.26. The van der Waals surface area contributed by atoms with E-state index in [1.807, 2.05) is 12.3 Å². The number of halogens is 1. The largest absolute Gasteiger partial charge is 0.497 e. The van der Waals surface area contributed by atoms with E-state index in [4.69, 9.17) is 14.7 Å². The van der Waals surface area contributed by atoms with Crippen LogP contribution in [-0.4, -0.2) is 37.7 Å². The van der Waals surface area contributed by atoms with E-state index in [-0.39, 0.29) is 12.0 Å². The molecule has 0 fully saturated rings. The Morgan fingerprint density at radius 2 is 2.03 bits per heavy atom. The SMILES string of the molecule is COc1ccc2c(c1)CC1=C2C[C@@H](Nc2nc(-c3cncc(F)c3)nc3c(C(C)C)cnn23)CC1. The first-order valence-corrected chi connectivity index (χ1v) is 12.0. The van der Waals surface area contributed by atoms with Gasteiger partial charge < -0.3 is 10.1 Å². The number of aromatic nitrogens is 5. The van der Waals surface area contributed by atoms with Gasteiger partial charge in [0.15, 0.2) is 11.5 Å². The summed E-state index contributed by atoms with van der Waals surface area (Å²) in [5.41, 5.74) is 7.90. The molecule has 0 saturated heterocycles. The molecule has 7 nitrogen and oxygen atoms in total. The Balaban J connectivity index is 1.36. The molecular weight excluding hydrogens is 443 g/mol. The molecule has 8 heteroatoms. The molecule has 6 rings (SSSR count). The molecule has 35 heavy (non-hydrogen) atoms. The molecule has 4 aromatic rings. The van der Waals surface area contributed by atoms with Crippen LogP contribution in [0.15, 0.2) is 48.4 Å². The zero-order valence-electron chi connectivity index (χ0n) is 20.0. The fourth-order valence-corrected chi connectivity index (χ4v) is 5.22. The molecule has 0 radical (unpaired) electrons. The highest BCUT2D eigenvalue weighted by Gasteiger charge is 2.29. The smallest absolute Gasteiger partial charge is 0.228 e. The van der Waals surface area contributed by atoms with E-state index in [9.17, 15) is 4.39 Å². The fraction of sp³-hybridized carbons (Fsp3) is 0.333. The predicted molar refractivity (Wildman–Crippen MR) is 133 cm³/mol. The van der Waals surface area contributed by atoms with Gasteiger partial charge in [0.05, 0.1) is 19.5 Å². The number of hydrogen-bond acceptors (Lipinski definition) is 6. The van der Waals surface area contributed by atoms with Crippen LogP contribution in [0, 0.1) is 5.82 Å². The molecule has 3 heterocycles. The van der Waals surface area contributed by atoms with Gasteiger partial charge in [-0.2, -0.15) is 14.6 Å². The van der Waals surface area contributed by atoms with E-state index in [2.05, 4.69) is 41.4 Å². The van der Waals surface area contributed by atoms with Gasteiger partial charge in [-0.05, 0) is 66.5 Å². The zero-order chi connectivity index (χ0) is 24.1. The van der Waals surface area contributed by atoms with E-state index < -0.39 is 5.82 Å². The van der Waals surface area contributed by atoms with Crippen molar-refractivity contribution in [1.29, 1.82) is 0 Å². The van der Waals surface area contributed by atoms with Crippen LogP contribution in [0.1, 0.15) is 55.7 Å². The summed E-state index contributed by atoms with van der Waals surface area (Å²) in [6, 6.07) is 7.98. The number of allylic oxidation sites excluding steroid dienone is 1. The lowest BCUT2D eigenvalue weighted by atomic mass is 9.88. The average molecular weight is 471 g/mol. The maximum absolute atomic E-state index is 13.9. The Kier molecular flexibility index (Phi) is 5.24. The Morgan fingerprint density at radius 3 is 2.83 bits per heavy atom. The van der Waals surface area contributed by atoms with Crippen LogP contribution in [0.2, 0.25) is 0 Å². The van der Waals surface area contributed by atoms with E-state index in [0.717, 1.165) is 42.6 Å². The van der Waals surface area contributed by atoms with E-state index in [1.54, 1.807) is 17.8 Å². The fourth-order valence-electron chi connectivity index (χ4n) is 5.22. The monoisotopic (exact) mass is 470 g/mol. The minimum absolute atomic E-state index is 0.199. The second-order valence-electron chi connectivity index (χ2n) is 9.62. The normalized spacial score (nSPS) is 17.1. The number of benzene rings is 1. The summed E-state index contributed by atoms with van der Waals surface area (Å²) in [7, 11) is 1.71. The Labute approximate surface area is 203 Å². The third kappa shape index (κ3) is 3.83. The molecule has 1 atom stereocenters. The number of hydrogen-bond donors (Lipinski definition) is 1. The molecule has 3 aromatic heterocycles. The van der Waals surface area contributed by atoms with Crippen molar-refractivity contribution in [2.75, 3.05) is 12.4 Å². The van der Waals surface area contributed by atoms with Crippen LogP contribution in [0.3, 0.4) is 0 Å². The zero-order valence-corrected chi connectivity index (χ0v) is 20.0. The summed E-state index contributed by atoms with van der Waals surface area (Å²) in [5.74, 6) is 1.77. The summed E-state index contributed by atoms with van der Waals surface area (Å²) in [6.07, 6.45) is 8.57. The second kappa shape index (κ2) is 8.45. The standard InChI is InChI=1S/C27H27FN6O/c1-15(2)24-14-30-34-26(24)32-25(18-9-19(28)13-29-12-18)33-27(34)31-20-5-4-16-8-17-10-21(35-3)6-7-22(17)23(16)11-20/h6-7,9-10,12-15,20H,4-5,8,11H2,1-3H3,(H,31,32,33)/t20-/m0/s1. The molecule has 0 aliphatic heterocycles. The maximum atomic E-state index is 13.9. The van der Waals surface area contributed by atoms with Gasteiger partial charge in [0.2, 0.25) is 5.95 Å². The second-order valence-corrected chi connectivity index (χ2v) is 9.62. The quantitative estimate of drug-likeness (QED) is 0.419. The minimum atomic E-state index is -0.415. The van der Waals surface area contributed by atoms with Crippen molar-refractivity contribution < 1.29 is 9.13 Å². The summed E-state index contributed by atoms with van der Waals surface area (Å²) in [6.45, 7) is 4.22. The lowest BCUT2D eigenvalue weighted by molar-refractivity contribution is 0.414. The van der Waals surface area contributed by atoms with Gasteiger partial charge in [0.25, 0.3) is 0 Å². The van der Waals surface area contributed by atoms with Crippen LogP contribution in [0.5, 0.6) is 5.75 Å². The number of methoxy groups -OCH3 is 1. The van der Waals surface area contributed by atoms with Gasteiger partial charge in [-0.15, -0.1) is 0 Å². The number of pyridine rings is 1. The maximum Gasteiger partial charge on any atom is 0.228 e. The third-order valence-electron chi connectivity index (χ3n) is 7.03. The first-order chi connectivity index (χ1) is 17.0. The molecule has 2 aliphatic carbocycles. The van der Waals surface area contributed by atoms with Crippen LogP contribution in [0.25, 0.3) is 22.6 Å².